The first-order valence-electron chi connectivity index (χ1n) is 10.6. The molecule has 0 radical (unpaired) electrons. The van der Waals surface area contributed by atoms with Crippen LogP contribution in [0.1, 0.15) is 23.6 Å². The van der Waals surface area contributed by atoms with Gasteiger partial charge in [-0.2, -0.15) is 9.41 Å². The summed E-state index contributed by atoms with van der Waals surface area (Å²) >= 11 is 3.38. The number of amides is 1. The summed E-state index contributed by atoms with van der Waals surface area (Å²) in [5, 5.41) is 3.96. The Morgan fingerprint density at radius 3 is 2.29 bits per heavy atom. The maximum atomic E-state index is 13.3. The molecule has 1 amide bonds. The smallest absolute Gasteiger partial charge is 0.255 e. The van der Waals surface area contributed by atoms with Crippen LogP contribution in [0.4, 0.5) is 0 Å². The van der Waals surface area contributed by atoms with Gasteiger partial charge < -0.3 is 4.74 Å². The Balaban J connectivity index is 1.74. The summed E-state index contributed by atoms with van der Waals surface area (Å²) in [6.45, 7) is 4.02. The fourth-order valence-corrected chi connectivity index (χ4v) is 4.72. The molecule has 0 spiro atoms. The van der Waals surface area contributed by atoms with Crippen LogP contribution in [0.5, 0.6) is 5.75 Å². The fourth-order valence-electron chi connectivity index (χ4n) is 3.07. The Morgan fingerprint density at radius 1 is 1.03 bits per heavy atom. The third-order valence-corrected chi connectivity index (χ3v) is 7.18. The van der Waals surface area contributed by atoms with E-state index in [1.165, 1.54) is 6.21 Å². The predicted molar refractivity (Wildman–Crippen MR) is 136 cm³/mol. The van der Waals surface area contributed by atoms with E-state index in [9.17, 15) is 13.2 Å². The van der Waals surface area contributed by atoms with Crippen LogP contribution < -0.4 is 10.2 Å². The van der Waals surface area contributed by atoms with E-state index in [0.717, 1.165) is 31.2 Å². The van der Waals surface area contributed by atoms with Crippen LogP contribution in [-0.4, -0.2) is 38.0 Å². The Kier molecular flexibility index (Phi) is 8.98. The van der Waals surface area contributed by atoms with Crippen molar-refractivity contribution >= 4 is 38.1 Å². The van der Waals surface area contributed by atoms with Crippen molar-refractivity contribution in [1.29, 1.82) is 0 Å². The van der Waals surface area contributed by atoms with Crippen LogP contribution in [0.2, 0.25) is 0 Å². The summed E-state index contributed by atoms with van der Waals surface area (Å²) in [6.07, 6.45) is 1.49. The largest absolute Gasteiger partial charge is 0.494 e. The van der Waals surface area contributed by atoms with Crippen LogP contribution in [0, 0.1) is 6.92 Å². The van der Waals surface area contributed by atoms with Gasteiger partial charge in [-0.25, -0.2) is 13.8 Å². The molecule has 1 N–H and O–H groups in total. The molecule has 0 aliphatic carbocycles. The van der Waals surface area contributed by atoms with Crippen molar-refractivity contribution < 1.29 is 17.9 Å². The van der Waals surface area contributed by atoms with Gasteiger partial charge in [-0.15, -0.1) is 0 Å². The summed E-state index contributed by atoms with van der Waals surface area (Å²) < 4.78 is 34.1. The van der Waals surface area contributed by atoms with Crippen LogP contribution in [-0.2, 0) is 21.4 Å². The molecule has 0 aromatic heterocycles. The average Bonchev–Trinajstić information content (AvgIpc) is 2.81. The number of hydrogen-bond donors (Lipinski definition) is 1. The van der Waals surface area contributed by atoms with Crippen molar-refractivity contribution in [3.8, 4) is 5.75 Å². The third kappa shape index (κ3) is 7.24. The molecule has 0 heterocycles. The molecule has 0 aliphatic heterocycles. The van der Waals surface area contributed by atoms with Gasteiger partial charge in [0.15, 0.2) is 0 Å². The molecule has 0 atom stereocenters. The molecule has 0 aliphatic rings. The fraction of sp³-hybridized carbons (Fsp3) is 0.200. The molecule has 0 saturated heterocycles. The first-order chi connectivity index (χ1) is 16.3. The number of hydrogen-bond acceptors (Lipinski definition) is 5. The van der Waals surface area contributed by atoms with E-state index in [1.54, 1.807) is 36.4 Å². The highest BCUT2D eigenvalue weighted by Crippen LogP contribution is 2.20. The van der Waals surface area contributed by atoms with Gasteiger partial charge in [-0.05, 0) is 73.5 Å². The molecule has 9 heteroatoms. The number of benzene rings is 3. The zero-order valence-corrected chi connectivity index (χ0v) is 21.3. The van der Waals surface area contributed by atoms with Crippen molar-refractivity contribution in [3.63, 3.8) is 0 Å². The second-order valence-electron chi connectivity index (χ2n) is 7.51. The van der Waals surface area contributed by atoms with E-state index in [4.69, 9.17) is 4.74 Å². The number of hydrazone groups is 1. The molecule has 0 unspecified atom stereocenters. The molecule has 0 saturated carbocycles. The molecule has 0 fully saturated rings. The zero-order valence-electron chi connectivity index (χ0n) is 18.9. The molecular formula is C25H26BrN3O4S. The summed E-state index contributed by atoms with van der Waals surface area (Å²) in [5.41, 5.74) is 4.88. The lowest BCUT2D eigenvalue weighted by atomic mass is 10.2. The maximum Gasteiger partial charge on any atom is 0.255 e. The minimum atomic E-state index is -3.91. The Morgan fingerprint density at radius 2 is 1.68 bits per heavy atom. The van der Waals surface area contributed by atoms with Gasteiger partial charge in [-0.1, -0.05) is 45.8 Å². The summed E-state index contributed by atoms with van der Waals surface area (Å²) in [5.74, 6) is 0.198. The molecule has 3 aromatic carbocycles. The topological polar surface area (TPSA) is 88.1 Å². The second kappa shape index (κ2) is 11.9. The first kappa shape index (κ1) is 25.6. The highest BCUT2D eigenvalue weighted by molar-refractivity contribution is 9.10. The van der Waals surface area contributed by atoms with Gasteiger partial charge in [0.05, 0.1) is 24.3 Å². The second-order valence-corrected chi connectivity index (χ2v) is 10.4. The lowest BCUT2D eigenvalue weighted by Crippen LogP contribution is -2.39. The number of rotatable bonds is 10. The van der Waals surface area contributed by atoms with Gasteiger partial charge in [0, 0.05) is 11.0 Å². The van der Waals surface area contributed by atoms with E-state index >= 15 is 0 Å². The molecule has 3 aromatic rings. The zero-order chi connectivity index (χ0) is 24.6. The molecule has 3 rings (SSSR count). The number of ether oxygens (including phenoxy) is 1. The highest BCUT2D eigenvalue weighted by atomic mass is 79.9. The minimum absolute atomic E-state index is 0.0412. The summed E-state index contributed by atoms with van der Waals surface area (Å²) in [4.78, 5) is 12.7. The Bertz CT molecular complexity index is 1230. The van der Waals surface area contributed by atoms with Gasteiger partial charge in [-0.3, -0.25) is 4.79 Å². The number of carbonyl (C=O) groups is 1. The molecule has 34 heavy (non-hydrogen) atoms. The lowest BCUT2D eigenvalue weighted by molar-refractivity contribution is -0.121. The minimum Gasteiger partial charge on any atom is -0.494 e. The number of carbonyl (C=O) groups excluding carboxylic acids is 1. The predicted octanol–water partition coefficient (Wildman–Crippen LogP) is 4.50. The van der Waals surface area contributed by atoms with E-state index in [-0.39, 0.29) is 18.0 Å². The van der Waals surface area contributed by atoms with Crippen LogP contribution >= 0.6 is 15.9 Å². The maximum absolute atomic E-state index is 13.3. The molecule has 7 nitrogen and oxygen atoms in total. The van der Waals surface area contributed by atoms with Crippen molar-refractivity contribution in [2.45, 2.75) is 25.3 Å². The van der Waals surface area contributed by atoms with Crippen molar-refractivity contribution in [2.24, 2.45) is 5.10 Å². The standard InChI is InChI=1S/C25H26BrN3O4S/c1-3-33-23-12-8-20(9-13-23)16-27-28-25(30)18-29(17-21-6-10-22(26)11-7-21)34(31,32)24-14-4-19(2)5-15-24/h4-16H,3,17-18H2,1-2H3,(H,28,30)/b27-16-. The van der Waals surface area contributed by atoms with E-state index < -0.39 is 15.9 Å². The lowest BCUT2D eigenvalue weighted by Gasteiger charge is -2.21. The highest BCUT2D eigenvalue weighted by Gasteiger charge is 2.27. The molecule has 178 valence electrons. The van der Waals surface area contributed by atoms with Crippen molar-refractivity contribution in [3.05, 3.63) is 94.0 Å². The van der Waals surface area contributed by atoms with Gasteiger partial charge in [0.25, 0.3) is 5.91 Å². The Labute approximate surface area is 208 Å². The normalized spacial score (nSPS) is 11.6. The number of sulfonamides is 1. The van der Waals surface area contributed by atoms with Gasteiger partial charge in [0.2, 0.25) is 10.0 Å². The van der Waals surface area contributed by atoms with Crippen molar-refractivity contribution in [2.75, 3.05) is 13.2 Å². The van der Waals surface area contributed by atoms with Crippen LogP contribution in [0.25, 0.3) is 0 Å². The van der Waals surface area contributed by atoms with E-state index in [2.05, 4.69) is 26.5 Å². The molecule has 0 bridgehead atoms. The summed E-state index contributed by atoms with van der Waals surface area (Å²) in [7, 11) is -3.91. The molecular weight excluding hydrogens is 518 g/mol. The quantitative estimate of drug-likeness (QED) is 0.301. The number of aryl methyl sites for hydroxylation is 1. The number of halogens is 1. The van der Waals surface area contributed by atoms with Crippen LogP contribution in [0.3, 0.4) is 0 Å². The summed E-state index contributed by atoms with van der Waals surface area (Å²) in [6, 6.07) is 21.0. The Hall–Kier alpha value is -3.01. The van der Waals surface area contributed by atoms with Crippen molar-refractivity contribution in [1.82, 2.24) is 9.73 Å². The van der Waals surface area contributed by atoms with Crippen LogP contribution in [0.15, 0.2) is 87.3 Å². The first-order valence-corrected chi connectivity index (χ1v) is 12.9. The van der Waals surface area contributed by atoms with E-state index in [0.29, 0.717) is 6.61 Å². The van der Waals surface area contributed by atoms with Gasteiger partial charge >= 0.3 is 0 Å². The third-order valence-electron chi connectivity index (χ3n) is 4.84. The average molecular weight is 544 g/mol. The SMILES string of the molecule is CCOc1ccc(/C=N\NC(=O)CN(Cc2ccc(Br)cc2)S(=O)(=O)c2ccc(C)cc2)cc1. The monoisotopic (exact) mass is 543 g/mol. The van der Waals surface area contributed by atoms with E-state index in [1.807, 2.05) is 50.2 Å². The number of nitrogens with zero attached hydrogens (tertiary/aromatic N) is 2. The number of nitrogens with one attached hydrogen (secondary N) is 1. The van der Waals surface area contributed by atoms with Gasteiger partial charge in [0.1, 0.15) is 5.75 Å².